The summed E-state index contributed by atoms with van der Waals surface area (Å²) in [6.07, 6.45) is 2.20. The standard InChI is InChI=1S/C19H39N3O2/c1-18(2,3)22-11-8-20-17(12-22)14-24-15-19(4,5)21-9-6-16(13-23)7-10-21/h16-17,20,23H,6-15H2,1-5H3/t17-/m0/s1. The molecule has 24 heavy (non-hydrogen) atoms. The number of piperazine rings is 1. The fourth-order valence-electron chi connectivity index (χ4n) is 3.81. The third-order valence-electron chi connectivity index (χ3n) is 5.71. The smallest absolute Gasteiger partial charge is 0.0645 e. The number of likely N-dealkylation sites (tertiary alicyclic amines) is 1. The summed E-state index contributed by atoms with van der Waals surface area (Å²) in [5, 5.41) is 12.9. The summed E-state index contributed by atoms with van der Waals surface area (Å²) >= 11 is 0. The van der Waals surface area contributed by atoms with Gasteiger partial charge in [-0.15, -0.1) is 0 Å². The zero-order chi connectivity index (χ0) is 17.8. The van der Waals surface area contributed by atoms with E-state index in [9.17, 15) is 5.11 Å². The highest BCUT2D eigenvalue weighted by Gasteiger charge is 2.32. The van der Waals surface area contributed by atoms with Gasteiger partial charge in [-0.2, -0.15) is 0 Å². The van der Waals surface area contributed by atoms with Crippen LogP contribution in [0.15, 0.2) is 0 Å². The van der Waals surface area contributed by atoms with Crippen LogP contribution < -0.4 is 5.32 Å². The van der Waals surface area contributed by atoms with Crippen LogP contribution in [0.2, 0.25) is 0 Å². The SMILES string of the molecule is CC(C)(C)N1CCN[C@H](COCC(C)(C)N2CCC(CO)CC2)C1. The molecule has 2 saturated heterocycles. The number of aliphatic hydroxyl groups is 1. The van der Waals surface area contributed by atoms with Gasteiger partial charge in [-0.1, -0.05) is 0 Å². The van der Waals surface area contributed by atoms with Gasteiger partial charge in [0.15, 0.2) is 0 Å². The molecular formula is C19H39N3O2. The molecule has 142 valence electrons. The lowest BCUT2D eigenvalue weighted by Gasteiger charge is -2.44. The number of hydrogen-bond acceptors (Lipinski definition) is 5. The van der Waals surface area contributed by atoms with E-state index >= 15 is 0 Å². The molecule has 2 heterocycles. The van der Waals surface area contributed by atoms with E-state index in [4.69, 9.17) is 4.74 Å². The Morgan fingerprint density at radius 3 is 2.29 bits per heavy atom. The van der Waals surface area contributed by atoms with Gasteiger partial charge in [0.2, 0.25) is 0 Å². The first-order chi connectivity index (χ1) is 11.2. The van der Waals surface area contributed by atoms with E-state index in [-0.39, 0.29) is 11.1 Å². The molecule has 5 heteroatoms. The third-order valence-corrected chi connectivity index (χ3v) is 5.71. The monoisotopic (exact) mass is 341 g/mol. The average molecular weight is 342 g/mol. The predicted molar refractivity (Wildman–Crippen MR) is 99.4 cm³/mol. The van der Waals surface area contributed by atoms with Gasteiger partial charge in [0.05, 0.1) is 13.2 Å². The third kappa shape index (κ3) is 5.67. The molecule has 0 aromatic rings. The minimum atomic E-state index is 0.0683. The number of piperidine rings is 1. The van der Waals surface area contributed by atoms with Crippen LogP contribution in [0.25, 0.3) is 0 Å². The number of nitrogens with zero attached hydrogens (tertiary/aromatic N) is 2. The van der Waals surface area contributed by atoms with Crippen LogP contribution in [0.5, 0.6) is 0 Å². The molecule has 0 saturated carbocycles. The summed E-state index contributed by atoms with van der Waals surface area (Å²) in [5.74, 6) is 0.493. The first-order valence-electron chi connectivity index (χ1n) is 9.64. The van der Waals surface area contributed by atoms with Crippen LogP contribution in [0, 0.1) is 5.92 Å². The Morgan fingerprint density at radius 2 is 1.71 bits per heavy atom. The van der Waals surface area contributed by atoms with Crippen molar-refractivity contribution in [2.45, 2.75) is 64.6 Å². The maximum absolute atomic E-state index is 9.29. The van der Waals surface area contributed by atoms with Gasteiger partial charge in [0, 0.05) is 43.4 Å². The van der Waals surface area contributed by atoms with Gasteiger partial charge in [0.25, 0.3) is 0 Å². The highest BCUT2D eigenvalue weighted by atomic mass is 16.5. The maximum Gasteiger partial charge on any atom is 0.0645 e. The Kier molecular flexibility index (Phi) is 7.09. The summed E-state index contributed by atoms with van der Waals surface area (Å²) in [4.78, 5) is 5.07. The lowest BCUT2D eigenvalue weighted by Crippen LogP contribution is -2.58. The molecule has 2 aliphatic heterocycles. The average Bonchev–Trinajstić information content (AvgIpc) is 2.54. The molecule has 1 atom stereocenters. The van der Waals surface area contributed by atoms with Crippen LogP contribution in [0.3, 0.4) is 0 Å². The van der Waals surface area contributed by atoms with Crippen LogP contribution in [0.1, 0.15) is 47.5 Å². The summed E-state index contributed by atoms with van der Waals surface area (Å²) < 4.78 is 6.13. The molecule has 0 spiro atoms. The zero-order valence-electron chi connectivity index (χ0n) is 16.5. The van der Waals surface area contributed by atoms with Crippen LogP contribution in [-0.2, 0) is 4.74 Å². The van der Waals surface area contributed by atoms with Gasteiger partial charge in [-0.25, -0.2) is 0 Å². The van der Waals surface area contributed by atoms with E-state index in [0.717, 1.165) is 58.8 Å². The normalized spacial score (nSPS) is 26.0. The van der Waals surface area contributed by atoms with Gasteiger partial charge in [0.1, 0.15) is 0 Å². The Hall–Kier alpha value is -0.200. The molecule has 0 radical (unpaired) electrons. The topological polar surface area (TPSA) is 48.0 Å². The van der Waals surface area contributed by atoms with Gasteiger partial charge in [-0.05, 0) is 66.5 Å². The van der Waals surface area contributed by atoms with Gasteiger partial charge < -0.3 is 15.2 Å². The molecule has 2 N–H and O–H groups in total. The van der Waals surface area contributed by atoms with Crippen molar-refractivity contribution < 1.29 is 9.84 Å². The van der Waals surface area contributed by atoms with Gasteiger partial charge >= 0.3 is 0 Å². The van der Waals surface area contributed by atoms with Crippen molar-refractivity contribution >= 4 is 0 Å². The first-order valence-corrected chi connectivity index (χ1v) is 9.64. The number of aliphatic hydroxyl groups excluding tert-OH is 1. The second-order valence-electron chi connectivity index (χ2n) is 9.21. The van der Waals surface area contributed by atoms with E-state index < -0.39 is 0 Å². The highest BCUT2D eigenvalue weighted by molar-refractivity contribution is 4.88. The molecule has 2 rings (SSSR count). The Morgan fingerprint density at radius 1 is 1.04 bits per heavy atom. The van der Waals surface area contributed by atoms with E-state index in [1.165, 1.54) is 0 Å². The van der Waals surface area contributed by atoms with Crippen LogP contribution in [0.4, 0.5) is 0 Å². The second-order valence-corrected chi connectivity index (χ2v) is 9.21. The van der Waals surface area contributed by atoms with E-state index in [1.807, 2.05) is 0 Å². The molecule has 0 aromatic heterocycles. The largest absolute Gasteiger partial charge is 0.396 e. The summed E-state index contributed by atoms with van der Waals surface area (Å²) in [7, 11) is 0. The molecule has 5 nitrogen and oxygen atoms in total. The van der Waals surface area contributed by atoms with Crippen molar-refractivity contribution in [1.29, 1.82) is 0 Å². The van der Waals surface area contributed by atoms with E-state index in [2.05, 4.69) is 49.7 Å². The second kappa shape index (κ2) is 8.45. The summed E-state index contributed by atoms with van der Waals surface area (Å²) in [6.45, 7) is 18.7. The Bertz CT molecular complexity index is 373. The van der Waals surface area contributed by atoms with Crippen LogP contribution >= 0.6 is 0 Å². The molecule has 0 aliphatic carbocycles. The van der Waals surface area contributed by atoms with Crippen molar-refractivity contribution in [3.63, 3.8) is 0 Å². The van der Waals surface area contributed by atoms with Crippen molar-refractivity contribution in [3.05, 3.63) is 0 Å². The molecule has 0 aromatic carbocycles. The fraction of sp³-hybridized carbons (Fsp3) is 1.00. The lowest BCUT2D eigenvalue weighted by molar-refractivity contribution is -0.0229. The van der Waals surface area contributed by atoms with Gasteiger partial charge in [-0.3, -0.25) is 9.80 Å². The Balaban J connectivity index is 1.72. The van der Waals surface area contributed by atoms with E-state index in [1.54, 1.807) is 0 Å². The lowest BCUT2D eigenvalue weighted by atomic mass is 9.93. The number of rotatable bonds is 6. The van der Waals surface area contributed by atoms with Crippen molar-refractivity contribution in [1.82, 2.24) is 15.1 Å². The highest BCUT2D eigenvalue weighted by Crippen LogP contribution is 2.24. The van der Waals surface area contributed by atoms with Crippen molar-refractivity contribution in [3.8, 4) is 0 Å². The molecule has 2 aliphatic rings. The number of hydrogen-bond donors (Lipinski definition) is 2. The zero-order valence-corrected chi connectivity index (χ0v) is 16.5. The fourth-order valence-corrected chi connectivity index (χ4v) is 3.81. The molecular weight excluding hydrogens is 302 g/mol. The molecule has 0 amide bonds. The number of nitrogens with one attached hydrogen (secondary N) is 1. The molecule has 0 unspecified atom stereocenters. The van der Waals surface area contributed by atoms with Crippen molar-refractivity contribution in [2.24, 2.45) is 5.92 Å². The minimum Gasteiger partial charge on any atom is -0.396 e. The van der Waals surface area contributed by atoms with Crippen LogP contribution in [-0.4, -0.2) is 84.6 Å². The minimum absolute atomic E-state index is 0.0683. The van der Waals surface area contributed by atoms with E-state index in [0.29, 0.717) is 18.6 Å². The quantitative estimate of drug-likeness (QED) is 0.768. The summed E-state index contributed by atoms with van der Waals surface area (Å²) in [5.41, 5.74) is 0.301. The maximum atomic E-state index is 9.29. The first kappa shape index (κ1) is 20.1. The summed E-state index contributed by atoms with van der Waals surface area (Å²) in [6, 6.07) is 0.425. The number of ether oxygens (including phenoxy) is 1. The molecule has 0 bridgehead atoms. The van der Waals surface area contributed by atoms with Crippen molar-refractivity contribution in [2.75, 3.05) is 52.5 Å². The predicted octanol–water partition coefficient (Wildman–Crippen LogP) is 1.56. The molecule has 2 fully saturated rings. The Labute approximate surface area is 148 Å².